The monoisotopic (exact) mass is 1170 g/mol. The summed E-state index contributed by atoms with van der Waals surface area (Å²) in [5.41, 5.74) is -7.17. The van der Waals surface area contributed by atoms with Crippen molar-refractivity contribution >= 4 is 68.1 Å². The van der Waals surface area contributed by atoms with Crippen LogP contribution in [0.15, 0.2) is 61.2 Å². The number of hydrogen-bond donors (Lipinski definition) is 5. The van der Waals surface area contributed by atoms with Gasteiger partial charge in [0, 0.05) is 42.8 Å². The molecule has 6 aromatic heterocycles. The molecular weight excluding hydrogens is 1130 g/mol. The number of carbonyl (C=O) groups excluding carboxylic acids is 2. The van der Waals surface area contributed by atoms with Crippen LogP contribution in [0.5, 0.6) is 0 Å². The molecule has 2 amide bonds. The van der Waals surface area contributed by atoms with Crippen LogP contribution >= 0.6 is 23.2 Å². The molecule has 8 rings (SSSR count). The minimum Gasteiger partial charge on any atom is -0.368 e. The maximum absolute atomic E-state index is 13.0. The van der Waals surface area contributed by atoms with Crippen molar-refractivity contribution < 1.29 is 88.0 Å². The molecular formula is C41H39Cl2F15N12O5S. The van der Waals surface area contributed by atoms with Crippen molar-refractivity contribution in [3.05, 3.63) is 94.0 Å². The van der Waals surface area contributed by atoms with E-state index in [1.807, 2.05) is 0 Å². The Bertz CT molecular complexity index is 3060. The fourth-order valence-electron chi connectivity index (χ4n) is 7.69. The lowest BCUT2D eigenvalue weighted by Gasteiger charge is -2.30. The predicted molar refractivity (Wildman–Crippen MR) is 239 cm³/mol. The number of nitrogens with one attached hydrogen (secondary N) is 5. The quantitative estimate of drug-likeness (QED) is 0.0469. The van der Waals surface area contributed by atoms with Gasteiger partial charge in [0.2, 0.25) is 0 Å². The standard InChI is InChI=1S/C20H19ClF6N6O.C18H18ClF3N6O.C3H2F6O3S/c21-17-13(8-32(31-17)10-19(22,23)24)18(34)29-12-6-4-11(5-7-12)28-15-2-1-3-16-30-14(9-33(15)16)20(25,26)27;19-16-12(8-23-27-16)17(29)25-11-6-4-10(5-7-11)24-14-2-1-3-15-26-13(9-28(14)15)18(20,21)22;4-2(5,6)1-12-13(10,11)3(7,8)9/h1-3,8-9,11-12,28H,4-7,10H2,(H,29,34);1-3,8-11,24H,4-7H2,(H,23,27)(H,25,29);1H2. The minimum atomic E-state index is -6.15. The first-order valence-electron chi connectivity index (χ1n) is 21.9. The molecule has 2 aliphatic carbocycles. The van der Waals surface area contributed by atoms with Gasteiger partial charge in [-0.15, -0.1) is 0 Å². The van der Waals surface area contributed by atoms with Crippen molar-refractivity contribution in [2.45, 2.75) is 112 Å². The van der Waals surface area contributed by atoms with Crippen LogP contribution in [-0.2, 0) is 33.2 Å². The van der Waals surface area contributed by atoms with Crippen LogP contribution in [-0.4, -0.2) is 108 Å². The van der Waals surface area contributed by atoms with E-state index in [2.05, 4.69) is 50.7 Å². The van der Waals surface area contributed by atoms with E-state index in [0.29, 0.717) is 47.6 Å². The second-order valence-electron chi connectivity index (χ2n) is 16.9. The molecule has 418 valence electrons. The van der Waals surface area contributed by atoms with Gasteiger partial charge in [-0.05, 0) is 75.6 Å². The van der Waals surface area contributed by atoms with Crippen LogP contribution in [0.1, 0.15) is 83.5 Å². The summed E-state index contributed by atoms with van der Waals surface area (Å²) < 4.78 is 209. The minimum absolute atomic E-state index is 0.00684. The SMILES string of the molecule is O=C(NC1CCC(Nc2cccc3nc(C(F)(F)F)cn23)CC1)c1cn(CC(F)(F)F)nc1Cl.O=C(NC1CCC(Nc2cccc3nc(C(F)(F)F)cn23)CC1)c1cn[nH]c1Cl.O=S(=O)(OCC(F)(F)F)C(F)(F)F. The fraction of sp³-hybridized carbons (Fsp3) is 0.463. The Hall–Kier alpha value is -6.22. The highest BCUT2D eigenvalue weighted by atomic mass is 35.5. The third kappa shape index (κ3) is 16.2. The van der Waals surface area contributed by atoms with Gasteiger partial charge >= 0.3 is 40.3 Å². The maximum Gasteiger partial charge on any atom is 0.523 e. The molecule has 0 saturated heterocycles. The molecule has 2 saturated carbocycles. The van der Waals surface area contributed by atoms with Gasteiger partial charge in [-0.25, -0.2) is 9.97 Å². The number of rotatable bonds is 11. The van der Waals surface area contributed by atoms with E-state index in [9.17, 15) is 83.9 Å². The summed E-state index contributed by atoms with van der Waals surface area (Å²) in [4.78, 5) is 31.9. The van der Waals surface area contributed by atoms with E-state index >= 15 is 0 Å². The smallest absolute Gasteiger partial charge is 0.368 e. The van der Waals surface area contributed by atoms with Gasteiger partial charge in [0.25, 0.3) is 11.8 Å². The molecule has 76 heavy (non-hydrogen) atoms. The highest BCUT2D eigenvalue weighted by Crippen LogP contribution is 2.33. The molecule has 0 atom stereocenters. The molecule has 0 radical (unpaired) electrons. The summed E-state index contributed by atoms with van der Waals surface area (Å²) >= 11 is 11.7. The molecule has 35 heteroatoms. The van der Waals surface area contributed by atoms with E-state index in [0.717, 1.165) is 44.3 Å². The van der Waals surface area contributed by atoms with Gasteiger partial charge in [-0.1, -0.05) is 35.3 Å². The van der Waals surface area contributed by atoms with Gasteiger partial charge in [-0.2, -0.15) is 84.5 Å². The van der Waals surface area contributed by atoms with Crippen LogP contribution in [0.25, 0.3) is 11.3 Å². The van der Waals surface area contributed by atoms with E-state index in [4.69, 9.17) is 23.2 Å². The molecule has 6 aromatic rings. The zero-order chi connectivity index (χ0) is 56.2. The fourth-order valence-corrected chi connectivity index (χ4v) is 8.53. The summed E-state index contributed by atoms with van der Waals surface area (Å²) in [5.74, 6) is 0.140. The largest absolute Gasteiger partial charge is 0.523 e. The molecule has 0 unspecified atom stereocenters. The Morgan fingerprint density at radius 1 is 0.632 bits per heavy atom. The average Bonchev–Trinajstić information content (AvgIpc) is 4.13. The molecule has 0 spiro atoms. The number of H-pyrrole nitrogens is 1. The Balaban J connectivity index is 0.000000203. The first-order valence-corrected chi connectivity index (χ1v) is 24.1. The van der Waals surface area contributed by atoms with Crippen molar-refractivity contribution in [1.82, 2.24) is 49.4 Å². The lowest BCUT2D eigenvalue weighted by molar-refractivity contribution is -0.156. The molecule has 5 N–H and O–H groups in total. The molecule has 0 aliphatic heterocycles. The number of amides is 2. The lowest BCUT2D eigenvalue weighted by atomic mass is 9.91. The number of imidazole rings is 2. The van der Waals surface area contributed by atoms with E-state index in [1.54, 1.807) is 24.3 Å². The summed E-state index contributed by atoms with van der Waals surface area (Å²) in [5, 5.41) is 21.9. The zero-order valence-corrected chi connectivity index (χ0v) is 40.5. The first-order chi connectivity index (χ1) is 35.2. The maximum atomic E-state index is 13.0. The number of hydrogen-bond acceptors (Lipinski definition) is 11. The number of fused-ring (bicyclic) bond motifs is 2. The van der Waals surface area contributed by atoms with Crippen molar-refractivity contribution in [1.29, 1.82) is 0 Å². The molecule has 0 bridgehead atoms. The highest BCUT2D eigenvalue weighted by molar-refractivity contribution is 7.87. The van der Waals surface area contributed by atoms with Gasteiger partial charge in [-0.3, -0.25) is 32.4 Å². The third-order valence-corrected chi connectivity index (χ3v) is 12.8. The Kier molecular flexibility index (Phi) is 18.0. The molecule has 17 nitrogen and oxygen atoms in total. The number of carbonyl (C=O) groups is 2. The first kappa shape index (κ1) is 59.0. The van der Waals surface area contributed by atoms with E-state index in [-0.39, 0.29) is 57.2 Å². The highest BCUT2D eigenvalue weighted by Gasteiger charge is 2.49. The Morgan fingerprint density at radius 3 is 1.45 bits per heavy atom. The van der Waals surface area contributed by atoms with Gasteiger partial charge in [0.1, 0.15) is 34.6 Å². The van der Waals surface area contributed by atoms with Crippen molar-refractivity contribution in [3.63, 3.8) is 0 Å². The Labute approximate surface area is 428 Å². The molecule has 0 aromatic carbocycles. The molecule has 2 aliphatic rings. The number of aromatic nitrogens is 8. The van der Waals surface area contributed by atoms with Gasteiger partial charge in [0.05, 0.1) is 17.3 Å². The van der Waals surface area contributed by atoms with Crippen molar-refractivity contribution in [3.8, 4) is 0 Å². The third-order valence-electron chi connectivity index (χ3n) is 11.2. The number of pyridine rings is 2. The number of alkyl halides is 15. The normalized spacial score (nSPS) is 18.8. The average molecular weight is 1170 g/mol. The molecule has 6 heterocycles. The zero-order valence-electron chi connectivity index (χ0n) is 38.2. The van der Waals surface area contributed by atoms with Crippen molar-refractivity contribution in [2.75, 3.05) is 17.2 Å². The van der Waals surface area contributed by atoms with Crippen molar-refractivity contribution in [2.24, 2.45) is 0 Å². The summed E-state index contributed by atoms with van der Waals surface area (Å²) in [7, 11) is -6.15. The number of nitrogens with zero attached hydrogens (tertiary/aromatic N) is 7. The number of anilines is 2. The van der Waals surface area contributed by atoms with Crippen LogP contribution in [0.2, 0.25) is 10.3 Å². The predicted octanol–water partition coefficient (Wildman–Crippen LogP) is 10.2. The van der Waals surface area contributed by atoms with Crippen LogP contribution in [0.3, 0.4) is 0 Å². The Morgan fingerprint density at radius 2 is 1.07 bits per heavy atom. The number of aromatic amines is 1. The van der Waals surface area contributed by atoms with E-state index in [1.165, 1.54) is 27.1 Å². The topological polar surface area (TPSA) is 207 Å². The van der Waals surface area contributed by atoms with Crippen LogP contribution in [0.4, 0.5) is 77.5 Å². The number of halogens is 17. The lowest BCUT2D eigenvalue weighted by Crippen LogP contribution is -2.40. The second-order valence-corrected chi connectivity index (χ2v) is 19.2. The van der Waals surface area contributed by atoms with Crippen LogP contribution < -0.4 is 21.3 Å². The van der Waals surface area contributed by atoms with E-state index < -0.39 is 70.8 Å². The van der Waals surface area contributed by atoms with Gasteiger partial charge in [0.15, 0.2) is 23.1 Å². The summed E-state index contributed by atoms with van der Waals surface area (Å²) in [6, 6.07) is 9.50. The summed E-state index contributed by atoms with van der Waals surface area (Å²) in [6.07, 6.45) is -9.02. The van der Waals surface area contributed by atoms with Gasteiger partial charge < -0.3 is 21.3 Å². The van der Waals surface area contributed by atoms with Crippen LogP contribution in [0, 0.1) is 0 Å². The summed E-state index contributed by atoms with van der Waals surface area (Å²) in [6.45, 7) is -3.85. The molecule has 2 fully saturated rings. The second kappa shape index (κ2) is 23.2.